The summed E-state index contributed by atoms with van der Waals surface area (Å²) in [7, 11) is 0. The topological polar surface area (TPSA) is 20.2 Å². The zero-order valence-electron chi connectivity index (χ0n) is 12.6. The van der Waals surface area contributed by atoms with Crippen LogP contribution in [0, 0.1) is 0 Å². The molecule has 0 aliphatic carbocycles. The summed E-state index contributed by atoms with van der Waals surface area (Å²) < 4.78 is 1.13. The van der Waals surface area contributed by atoms with Crippen molar-refractivity contribution in [3.63, 3.8) is 0 Å². The lowest BCUT2D eigenvalue weighted by Gasteiger charge is -2.05. The molecule has 112 valence electrons. The highest BCUT2D eigenvalue weighted by molar-refractivity contribution is 7.22. The smallest absolute Gasteiger partial charge is 0.142 e. The molecule has 1 aromatic heterocycles. The number of benzene rings is 3. The molecule has 0 spiro atoms. The Bertz CT molecular complexity index is 940. The van der Waals surface area contributed by atoms with Gasteiger partial charge < -0.3 is 5.11 Å². The van der Waals surface area contributed by atoms with Gasteiger partial charge in [0.2, 0.25) is 0 Å². The maximum absolute atomic E-state index is 10.8. The first-order valence-electron chi connectivity index (χ1n) is 7.65. The first-order valence-corrected chi connectivity index (χ1v) is 8.47. The van der Waals surface area contributed by atoms with Crippen LogP contribution in [0.25, 0.3) is 20.5 Å². The van der Waals surface area contributed by atoms with E-state index in [0.29, 0.717) is 5.75 Å². The van der Waals surface area contributed by atoms with Crippen LogP contribution in [0.1, 0.15) is 11.1 Å². The third kappa shape index (κ3) is 2.62. The minimum atomic E-state index is 0.405. The number of thiophene rings is 1. The Morgan fingerprint density at radius 2 is 1.43 bits per heavy atom. The second-order valence-electron chi connectivity index (χ2n) is 5.60. The quantitative estimate of drug-likeness (QED) is 0.501. The zero-order valence-corrected chi connectivity index (χ0v) is 13.4. The normalized spacial score (nSPS) is 11.0. The van der Waals surface area contributed by atoms with E-state index in [0.717, 1.165) is 26.9 Å². The first-order chi connectivity index (χ1) is 11.3. The van der Waals surface area contributed by atoms with Gasteiger partial charge in [0.25, 0.3) is 0 Å². The van der Waals surface area contributed by atoms with Crippen molar-refractivity contribution in [3.05, 3.63) is 90.0 Å². The van der Waals surface area contributed by atoms with Gasteiger partial charge in [0.05, 0.1) is 4.88 Å². The molecule has 1 heterocycles. The Balaban J connectivity index is 1.86. The van der Waals surface area contributed by atoms with Crippen LogP contribution in [0.15, 0.2) is 78.9 Å². The van der Waals surface area contributed by atoms with Crippen molar-refractivity contribution in [3.8, 4) is 16.2 Å². The molecule has 0 amide bonds. The van der Waals surface area contributed by atoms with Crippen molar-refractivity contribution in [1.82, 2.24) is 0 Å². The summed E-state index contributed by atoms with van der Waals surface area (Å²) in [6, 6.07) is 26.7. The minimum absolute atomic E-state index is 0.405. The van der Waals surface area contributed by atoms with Crippen LogP contribution in [0.2, 0.25) is 0 Å². The maximum Gasteiger partial charge on any atom is 0.142 e. The van der Waals surface area contributed by atoms with Gasteiger partial charge in [0.15, 0.2) is 0 Å². The van der Waals surface area contributed by atoms with Crippen molar-refractivity contribution < 1.29 is 5.11 Å². The minimum Gasteiger partial charge on any atom is -0.506 e. The molecule has 0 saturated carbocycles. The third-order valence-corrected chi connectivity index (χ3v) is 5.24. The predicted molar refractivity (Wildman–Crippen MR) is 98.2 cm³/mol. The molecule has 1 N–H and O–H groups in total. The van der Waals surface area contributed by atoms with E-state index in [2.05, 4.69) is 42.5 Å². The van der Waals surface area contributed by atoms with Gasteiger partial charge in [-0.25, -0.2) is 0 Å². The summed E-state index contributed by atoms with van der Waals surface area (Å²) in [6.45, 7) is 0. The van der Waals surface area contributed by atoms with Gasteiger partial charge >= 0.3 is 0 Å². The van der Waals surface area contributed by atoms with E-state index >= 15 is 0 Å². The van der Waals surface area contributed by atoms with Crippen molar-refractivity contribution in [2.75, 3.05) is 0 Å². The van der Waals surface area contributed by atoms with Gasteiger partial charge in [-0.05, 0) is 29.2 Å². The molecule has 1 nitrogen and oxygen atoms in total. The van der Waals surface area contributed by atoms with Crippen LogP contribution < -0.4 is 0 Å². The summed E-state index contributed by atoms with van der Waals surface area (Å²) in [6.07, 6.45) is 0.830. The van der Waals surface area contributed by atoms with Crippen LogP contribution in [-0.2, 0) is 6.42 Å². The van der Waals surface area contributed by atoms with E-state index < -0.39 is 0 Å². The molecule has 0 atom stereocenters. The molecule has 0 bridgehead atoms. The number of aromatic hydroxyl groups is 1. The fourth-order valence-electron chi connectivity index (χ4n) is 2.95. The molecule has 2 heteroatoms. The largest absolute Gasteiger partial charge is 0.506 e. The lowest BCUT2D eigenvalue weighted by atomic mass is 10.0. The maximum atomic E-state index is 10.8. The summed E-state index contributed by atoms with van der Waals surface area (Å²) in [5, 5.41) is 11.8. The van der Waals surface area contributed by atoms with Gasteiger partial charge in [-0.2, -0.15) is 0 Å². The second kappa shape index (κ2) is 5.90. The highest BCUT2D eigenvalue weighted by Gasteiger charge is 2.15. The lowest BCUT2D eigenvalue weighted by molar-refractivity contribution is 0.485. The highest BCUT2D eigenvalue weighted by Crippen LogP contribution is 2.45. The monoisotopic (exact) mass is 316 g/mol. The van der Waals surface area contributed by atoms with Gasteiger partial charge in [0.1, 0.15) is 5.75 Å². The molecule has 0 fully saturated rings. The standard InChI is InChI=1S/C21H16OS/c22-20-19-17(14-15-8-3-1-4-9-15)12-7-13-18(19)23-21(20)16-10-5-2-6-11-16/h1-13,22H,14H2. The van der Waals surface area contributed by atoms with E-state index in [9.17, 15) is 5.11 Å². The number of rotatable bonds is 3. The fraction of sp³-hybridized carbons (Fsp3) is 0.0476. The van der Waals surface area contributed by atoms with E-state index in [-0.39, 0.29) is 0 Å². The Morgan fingerprint density at radius 3 is 2.17 bits per heavy atom. The fourth-order valence-corrected chi connectivity index (χ4v) is 4.10. The molecule has 0 aliphatic rings. The van der Waals surface area contributed by atoms with Crippen molar-refractivity contribution >= 4 is 21.4 Å². The Hall–Kier alpha value is -2.58. The van der Waals surface area contributed by atoms with Crippen LogP contribution in [0.5, 0.6) is 5.75 Å². The Morgan fingerprint density at radius 1 is 0.739 bits per heavy atom. The first kappa shape index (κ1) is 14.0. The van der Waals surface area contributed by atoms with Crippen LogP contribution in [0.4, 0.5) is 0 Å². The summed E-state index contributed by atoms with van der Waals surface area (Å²) >= 11 is 1.65. The number of hydrogen-bond acceptors (Lipinski definition) is 2. The van der Waals surface area contributed by atoms with Crippen LogP contribution in [-0.4, -0.2) is 5.11 Å². The average molecular weight is 316 g/mol. The van der Waals surface area contributed by atoms with Gasteiger partial charge in [-0.15, -0.1) is 11.3 Å². The molecular weight excluding hydrogens is 300 g/mol. The molecule has 23 heavy (non-hydrogen) atoms. The molecule has 4 rings (SSSR count). The van der Waals surface area contributed by atoms with E-state index in [1.54, 1.807) is 11.3 Å². The van der Waals surface area contributed by atoms with E-state index in [4.69, 9.17) is 0 Å². The van der Waals surface area contributed by atoms with E-state index in [1.807, 2.05) is 36.4 Å². The predicted octanol–water partition coefficient (Wildman–Crippen LogP) is 5.86. The molecule has 0 aliphatic heterocycles. The van der Waals surface area contributed by atoms with Crippen LogP contribution in [0.3, 0.4) is 0 Å². The Kier molecular flexibility index (Phi) is 3.60. The van der Waals surface area contributed by atoms with Gasteiger partial charge in [-0.3, -0.25) is 0 Å². The summed E-state index contributed by atoms with van der Waals surface area (Å²) in [5.74, 6) is 0.405. The van der Waals surface area contributed by atoms with Crippen molar-refractivity contribution in [1.29, 1.82) is 0 Å². The summed E-state index contributed by atoms with van der Waals surface area (Å²) in [4.78, 5) is 0.945. The van der Waals surface area contributed by atoms with Gasteiger partial charge in [0, 0.05) is 10.1 Å². The molecule has 4 aromatic rings. The molecule has 0 radical (unpaired) electrons. The Labute approximate surface area is 139 Å². The molecule has 0 saturated heterocycles. The zero-order chi connectivity index (χ0) is 15.6. The SMILES string of the molecule is Oc1c(-c2ccccc2)sc2cccc(Cc3ccccc3)c12. The average Bonchev–Trinajstić information content (AvgIpc) is 2.95. The lowest BCUT2D eigenvalue weighted by Crippen LogP contribution is -1.88. The van der Waals surface area contributed by atoms with Crippen molar-refractivity contribution in [2.24, 2.45) is 0 Å². The highest BCUT2D eigenvalue weighted by atomic mass is 32.1. The summed E-state index contributed by atoms with van der Waals surface area (Å²) in [5.41, 5.74) is 3.49. The molecule has 0 unspecified atom stereocenters. The van der Waals surface area contributed by atoms with Crippen molar-refractivity contribution in [2.45, 2.75) is 6.42 Å². The third-order valence-electron chi connectivity index (χ3n) is 4.05. The van der Waals surface area contributed by atoms with Crippen LogP contribution >= 0.6 is 11.3 Å². The number of hydrogen-bond donors (Lipinski definition) is 1. The number of fused-ring (bicyclic) bond motifs is 1. The second-order valence-corrected chi connectivity index (χ2v) is 6.65. The molecular formula is C21H16OS. The van der Waals surface area contributed by atoms with E-state index in [1.165, 1.54) is 11.1 Å². The van der Waals surface area contributed by atoms with Gasteiger partial charge in [-0.1, -0.05) is 72.8 Å². The molecule has 3 aromatic carbocycles.